The minimum absolute atomic E-state index is 0.0465. The molecule has 9 heteroatoms. The number of methoxy groups -OCH3 is 2. The summed E-state index contributed by atoms with van der Waals surface area (Å²) in [6.45, 7) is 1.81. The Balaban J connectivity index is 2.14. The van der Waals surface area contributed by atoms with Gasteiger partial charge in [-0.1, -0.05) is 17.7 Å². The molecule has 0 bridgehead atoms. The number of nitrogens with zero attached hydrogens (tertiary/aromatic N) is 1. The van der Waals surface area contributed by atoms with Crippen molar-refractivity contribution in [2.75, 3.05) is 20.8 Å². The van der Waals surface area contributed by atoms with Crippen molar-refractivity contribution in [1.29, 1.82) is 0 Å². The van der Waals surface area contributed by atoms with Crippen molar-refractivity contribution in [2.24, 2.45) is 0 Å². The number of fused-ring (bicyclic) bond motifs is 3. The first-order valence-electron chi connectivity index (χ1n) is 7.93. The quantitative estimate of drug-likeness (QED) is 0.574. The molecular formula is C17H19NO7S. The summed E-state index contributed by atoms with van der Waals surface area (Å²) in [4.78, 5) is 23.3. The molecule has 3 rings (SSSR count). The predicted octanol–water partition coefficient (Wildman–Crippen LogP) is 1.42. The zero-order valence-corrected chi connectivity index (χ0v) is 15.4. The van der Waals surface area contributed by atoms with Gasteiger partial charge in [0, 0.05) is 6.08 Å². The molecule has 0 N–H and O–H groups in total. The maximum absolute atomic E-state index is 12.4. The fourth-order valence-corrected chi connectivity index (χ4v) is 4.88. The van der Waals surface area contributed by atoms with E-state index in [0.717, 1.165) is 16.7 Å². The van der Waals surface area contributed by atoms with E-state index in [9.17, 15) is 18.0 Å². The third kappa shape index (κ3) is 3.13. The van der Waals surface area contributed by atoms with Crippen LogP contribution in [-0.4, -0.2) is 45.5 Å². The number of benzene rings is 1. The van der Waals surface area contributed by atoms with E-state index in [1.165, 1.54) is 24.6 Å². The molecule has 1 saturated heterocycles. The predicted molar refractivity (Wildman–Crippen MR) is 91.1 cm³/mol. The fraction of sp³-hybridized carbons (Fsp3) is 0.412. The van der Waals surface area contributed by atoms with Crippen molar-refractivity contribution < 1.29 is 31.7 Å². The zero-order valence-electron chi connectivity index (χ0n) is 14.6. The molecule has 0 saturated carbocycles. The fourth-order valence-electron chi connectivity index (χ4n) is 3.48. The summed E-state index contributed by atoms with van der Waals surface area (Å²) >= 11 is 0. The van der Waals surface area contributed by atoms with Gasteiger partial charge in [0.25, 0.3) is 0 Å². The van der Waals surface area contributed by atoms with E-state index < -0.39 is 34.3 Å². The second-order valence-corrected chi connectivity index (χ2v) is 7.61. The Bertz CT molecular complexity index is 891. The molecule has 0 unspecified atom stereocenters. The summed E-state index contributed by atoms with van der Waals surface area (Å²) in [7, 11) is -1.42. The van der Waals surface area contributed by atoms with Crippen LogP contribution < -0.4 is 0 Å². The standard InChI is InChI=1S/C17H19NO7S/c1-10-6-11(4-5-15(19)23-2)17-12(7-10)13(8-16(20)24-3)18-14(17)9-25-26(18,21)22/h4-7,13-14H,8-9H2,1-3H3/b5-4+/t13-,14-/m0/s1. The molecule has 140 valence electrons. The van der Waals surface area contributed by atoms with Crippen LogP contribution in [0.15, 0.2) is 18.2 Å². The molecule has 2 aliphatic heterocycles. The van der Waals surface area contributed by atoms with Crippen LogP contribution in [0, 0.1) is 6.92 Å². The molecule has 1 aromatic rings. The lowest BCUT2D eigenvalue weighted by molar-refractivity contribution is -0.141. The van der Waals surface area contributed by atoms with Crippen LogP contribution >= 0.6 is 0 Å². The zero-order chi connectivity index (χ0) is 19.1. The van der Waals surface area contributed by atoms with Gasteiger partial charge in [-0.25, -0.2) is 4.79 Å². The number of aryl methyl sites for hydroxylation is 1. The summed E-state index contributed by atoms with van der Waals surface area (Å²) in [5.74, 6) is -1.03. The number of carbonyl (C=O) groups excluding carboxylic acids is 2. The highest BCUT2D eigenvalue weighted by Gasteiger charge is 2.52. The Labute approximate surface area is 151 Å². The van der Waals surface area contributed by atoms with E-state index in [0.29, 0.717) is 5.56 Å². The third-order valence-corrected chi connectivity index (χ3v) is 5.98. The average molecular weight is 381 g/mol. The summed E-state index contributed by atoms with van der Waals surface area (Å²) in [6.07, 6.45) is 2.74. The maximum atomic E-state index is 12.4. The molecule has 1 aromatic carbocycles. The minimum Gasteiger partial charge on any atom is -0.469 e. The summed E-state index contributed by atoms with van der Waals surface area (Å²) in [6, 6.07) is 2.44. The number of carbonyl (C=O) groups is 2. The molecule has 2 heterocycles. The smallest absolute Gasteiger partial charge is 0.339 e. The van der Waals surface area contributed by atoms with Crippen LogP contribution in [0.3, 0.4) is 0 Å². The van der Waals surface area contributed by atoms with E-state index in [1.54, 1.807) is 6.08 Å². The highest BCUT2D eigenvalue weighted by atomic mass is 32.2. The van der Waals surface area contributed by atoms with E-state index >= 15 is 0 Å². The van der Waals surface area contributed by atoms with Crippen LogP contribution in [-0.2, 0) is 33.6 Å². The lowest BCUT2D eigenvalue weighted by atomic mass is 9.93. The van der Waals surface area contributed by atoms with Crippen LogP contribution in [0.2, 0.25) is 0 Å². The highest BCUT2D eigenvalue weighted by molar-refractivity contribution is 7.84. The number of rotatable bonds is 4. The third-order valence-electron chi connectivity index (χ3n) is 4.52. The Hall–Kier alpha value is -2.23. The minimum atomic E-state index is -3.95. The largest absolute Gasteiger partial charge is 0.469 e. The number of esters is 2. The number of hydrogen-bond donors (Lipinski definition) is 0. The second-order valence-electron chi connectivity index (χ2n) is 6.10. The van der Waals surface area contributed by atoms with Crippen LogP contribution in [0.5, 0.6) is 0 Å². The Kier molecular flexibility index (Phi) is 4.87. The van der Waals surface area contributed by atoms with Gasteiger partial charge < -0.3 is 9.47 Å². The van der Waals surface area contributed by atoms with E-state index in [4.69, 9.17) is 8.92 Å². The summed E-state index contributed by atoms with van der Waals surface area (Å²) < 4.78 is 40.2. The van der Waals surface area contributed by atoms with Gasteiger partial charge in [0.1, 0.15) is 0 Å². The SMILES string of the molecule is COC(=O)/C=C/c1cc(C)cc2c1[C@@H]1COS(=O)(=O)N1[C@H]2CC(=O)OC. The number of hydrogen-bond acceptors (Lipinski definition) is 7. The lowest BCUT2D eigenvalue weighted by Crippen LogP contribution is -2.28. The average Bonchev–Trinajstić information content (AvgIpc) is 3.08. The van der Waals surface area contributed by atoms with Gasteiger partial charge in [0.05, 0.1) is 39.3 Å². The van der Waals surface area contributed by atoms with Gasteiger partial charge in [0.15, 0.2) is 0 Å². The van der Waals surface area contributed by atoms with Crippen LogP contribution in [0.4, 0.5) is 0 Å². The molecule has 0 radical (unpaired) electrons. The van der Waals surface area contributed by atoms with Crippen LogP contribution in [0.1, 0.15) is 40.8 Å². The van der Waals surface area contributed by atoms with Crippen molar-refractivity contribution in [3.63, 3.8) is 0 Å². The van der Waals surface area contributed by atoms with E-state index in [2.05, 4.69) is 4.74 Å². The molecule has 26 heavy (non-hydrogen) atoms. The Morgan fingerprint density at radius 1 is 1.31 bits per heavy atom. The molecule has 2 aliphatic rings. The first-order chi connectivity index (χ1) is 12.3. The molecular weight excluding hydrogens is 362 g/mol. The van der Waals surface area contributed by atoms with Crippen LogP contribution in [0.25, 0.3) is 6.08 Å². The number of ether oxygens (including phenoxy) is 2. The first-order valence-corrected chi connectivity index (χ1v) is 9.30. The topological polar surface area (TPSA) is 99.2 Å². The van der Waals surface area contributed by atoms with Gasteiger partial charge in [-0.3, -0.25) is 8.98 Å². The van der Waals surface area contributed by atoms with Crippen molar-refractivity contribution in [3.8, 4) is 0 Å². The normalized spacial score (nSPS) is 23.7. The summed E-state index contributed by atoms with van der Waals surface area (Å²) in [5, 5.41) is 0. The highest BCUT2D eigenvalue weighted by Crippen LogP contribution is 2.51. The molecule has 8 nitrogen and oxygen atoms in total. The Morgan fingerprint density at radius 3 is 2.69 bits per heavy atom. The first kappa shape index (κ1) is 18.6. The molecule has 0 spiro atoms. The van der Waals surface area contributed by atoms with E-state index in [-0.39, 0.29) is 13.0 Å². The summed E-state index contributed by atoms with van der Waals surface area (Å²) in [5.41, 5.74) is 3.01. The van der Waals surface area contributed by atoms with Gasteiger partial charge in [-0.15, -0.1) is 0 Å². The maximum Gasteiger partial charge on any atom is 0.339 e. The van der Waals surface area contributed by atoms with Gasteiger partial charge >= 0.3 is 22.2 Å². The molecule has 0 amide bonds. The van der Waals surface area contributed by atoms with Crippen molar-refractivity contribution in [1.82, 2.24) is 4.31 Å². The van der Waals surface area contributed by atoms with Gasteiger partial charge in [-0.05, 0) is 29.7 Å². The molecule has 1 fully saturated rings. The van der Waals surface area contributed by atoms with Gasteiger partial charge in [-0.2, -0.15) is 12.7 Å². The molecule has 2 atom stereocenters. The Morgan fingerprint density at radius 2 is 2.04 bits per heavy atom. The van der Waals surface area contributed by atoms with Crippen molar-refractivity contribution in [3.05, 3.63) is 40.5 Å². The van der Waals surface area contributed by atoms with Crippen molar-refractivity contribution >= 4 is 28.3 Å². The molecule has 0 aliphatic carbocycles. The second kappa shape index (κ2) is 6.82. The lowest BCUT2D eigenvalue weighted by Gasteiger charge is -2.20. The van der Waals surface area contributed by atoms with Gasteiger partial charge in [0.2, 0.25) is 0 Å². The molecule has 0 aromatic heterocycles. The van der Waals surface area contributed by atoms with Crippen molar-refractivity contribution in [2.45, 2.75) is 25.4 Å². The monoisotopic (exact) mass is 381 g/mol. The van der Waals surface area contributed by atoms with E-state index in [1.807, 2.05) is 19.1 Å².